The van der Waals surface area contributed by atoms with Crippen molar-refractivity contribution in [3.63, 3.8) is 0 Å². The molecule has 0 saturated heterocycles. The minimum atomic E-state index is -0.112. The summed E-state index contributed by atoms with van der Waals surface area (Å²) in [5.74, 6) is 1.01. The highest BCUT2D eigenvalue weighted by Crippen LogP contribution is 2.24. The molecule has 0 heterocycles. The van der Waals surface area contributed by atoms with Gasteiger partial charge < -0.3 is 10.1 Å². The third kappa shape index (κ3) is 5.20. The van der Waals surface area contributed by atoms with E-state index >= 15 is 0 Å². The van der Waals surface area contributed by atoms with Gasteiger partial charge in [0.25, 0.3) is 5.91 Å². The second-order valence-corrected chi connectivity index (χ2v) is 6.80. The van der Waals surface area contributed by atoms with Crippen LogP contribution in [0.2, 0.25) is 0 Å². The highest BCUT2D eigenvalue weighted by molar-refractivity contribution is 6.04. The summed E-state index contributed by atoms with van der Waals surface area (Å²) in [5, 5.41) is 3.01. The van der Waals surface area contributed by atoms with E-state index in [-0.39, 0.29) is 5.91 Å². The number of para-hydroxylation sites is 1. The van der Waals surface area contributed by atoms with Gasteiger partial charge in [0.15, 0.2) is 0 Å². The molecule has 0 aromatic heterocycles. The van der Waals surface area contributed by atoms with Crippen molar-refractivity contribution >= 4 is 11.6 Å². The first-order chi connectivity index (χ1) is 13.1. The van der Waals surface area contributed by atoms with Gasteiger partial charge in [-0.15, -0.1) is 0 Å². The van der Waals surface area contributed by atoms with Gasteiger partial charge in [0.1, 0.15) is 5.75 Å². The Balaban J connectivity index is 1.57. The molecular formula is C24H25NO2. The molecule has 0 saturated carbocycles. The number of carbonyl (C=O) groups excluding carboxylic acids is 1. The lowest BCUT2D eigenvalue weighted by molar-refractivity contribution is 0.102. The van der Waals surface area contributed by atoms with Crippen molar-refractivity contribution in [1.82, 2.24) is 0 Å². The van der Waals surface area contributed by atoms with Gasteiger partial charge in [-0.2, -0.15) is 0 Å². The fourth-order valence-corrected chi connectivity index (χ4v) is 2.94. The van der Waals surface area contributed by atoms with E-state index in [1.54, 1.807) is 12.1 Å². The van der Waals surface area contributed by atoms with Crippen LogP contribution in [-0.4, -0.2) is 12.5 Å². The Morgan fingerprint density at radius 1 is 0.889 bits per heavy atom. The standard InChI is InChI=1S/C24H25NO2/c1-18(2)22-10-6-7-11-23(22)25-24(26)20-12-14-21(15-13-20)27-17-16-19-8-4-3-5-9-19/h3-15,18H,16-17H2,1-2H3,(H,25,26). The summed E-state index contributed by atoms with van der Waals surface area (Å²) < 4.78 is 5.78. The molecule has 0 atom stereocenters. The summed E-state index contributed by atoms with van der Waals surface area (Å²) in [5.41, 5.74) is 3.86. The number of carbonyl (C=O) groups is 1. The predicted molar refractivity (Wildman–Crippen MR) is 111 cm³/mol. The summed E-state index contributed by atoms with van der Waals surface area (Å²) in [6, 6.07) is 25.4. The molecule has 3 nitrogen and oxygen atoms in total. The molecule has 0 aliphatic heterocycles. The van der Waals surface area contributed by atoms with Crippen LogP contribution in [0.25, 0.3) is 0 Å². The molecule has 0 bridgehead atoms. The van der Waals surface area contributed by atoms with Crippen LogP contribution >= 0.6 is 0 Å². The highest BCUT2D eigenvalue weighted by Gasteiger charge is 2.11. The lowest BCUT2D eigenvalue weighted by Gasteiger charge is -2.14. The molecular weight excluding hydrogens is 334 g/mol. The Kier molecular flexibility index (Phi) is 6.26. The zero-order valence-corrected chi connectivity index (χ0v) is 15.8. The molecule has 1 N–H and O–H groups in total. The minimum absolute atomic E-state index is 0.112. The number of hydrogen-bond acceptors (Lipinski definition) is 2. The van der Waals surface area contributed by atoms with Gasteiger partial charge in [-0.1, -0.05) is 62.4 Å². The van der Waals surface area contributed by atoms with E-state index in [1.165, 1.54) is 5.56 Å². The van der Waals surface area contributed by atoms with Crippen LogP contribution in [-0.2, 0) is 6.42 Å². The molecule has 27 heavy (non-hydrogen) atoms. The average molecular weight is 359 g/mol. The van der Waals surface area contributed by atoms with Crippen LogP contribution in [0.1, 0.15) is 41.3 Å². The summed E-state index contributed by atoms with van der Waals surface area (Å²) in [6.07, 6.45) is 0.856. The average Bonchev–Trinajstić information content (AvgIpc) is 2.69. The van der Waals surface area contributed by atoms with E-state index in [1.807, 2.05) is 54.6 Å². The van der Waals surface area contributed by atoms with E-state index in [0.29, 0.717) is 18.1 Å². The second kappa shape index (κ2) is 9.04. The van der Waals surface area contributed by atoms with Gasteiger partial charge in [0.05, 0.1) is 6.61 Å². The quantitative estimate of drug-likeness (QED) is 0.589. The predicted octanol–water partition coefficient (Wildman–Crippen LogP) is 5.68. The van der Waals surface area contributed by atoms with Crippen molar-refractivity contribution in [2.24, 2.45) is 0 Å². The number of benzene rings is 3. The monoisotopic (exact) mass is 359 g/mol. The van der Waals surface area contributed by atoms with E-state index < -0.39 is 0 Å². The smallest absolute Gasteiger partial charge is 0.255 e. The Morgan fingerprint density at radius 3 is 2.26 bits per heavy atom. The first kappa shape index (κ1) is 18.7. The molecule has 0 aliphatic carbocycles. The number of nitrogens with one attached hydrogen (secondary N) is 1. The van der Waals surface area contributed by atoms with Crippen LogP contribution in [0.15, 0.2) is 78.9 Å². The summed E-state index contributed by atoms with van der Waals surface area (Å²) >= 11 is 0. The number of ether oxygens (including phenoxy) is 1. The second-order valence-electron chi connectivity index (χ2n) is 6.80. The van der Waals surface area contributed by atoms with Crippen molar-refractivity contribution in [2.75, 3.05) is 11.9 Å². The molecule has 138 valence electrons. The van der Waals surface area contributed by atoms with Gasteiger partial charge in [-0.25, -0.2) is 0 Å². The van der Waals surface area contributed by atoms with Crippen LogP contribution in [0, 0.1) is 0 Å². The first-order valence-electron chi connectivity index (χ1n) is 9.30. The Bertz CT molecular complexity index is 870. The van der Waals surface area contributed by atoms with Crippen molar-refractivity contribution in [2.45, 2.75) is 26.2 Å². The van der Waals surface area contributed by atoms with Gasteiger partial charge in [0.2, 0.25) is 0 Å². The third-order valence-corrected chi connectivity index (χ3v) is 4.45. The summed E-state index contributed by atoms with van der Waals surface area (Å²) in [7, 11) is 0. The van der Waals surface area contributed by atoms with E-state index in [0.717, 1.165) is 23.4 Å². The molecule has 3 rings (SSSR count). The maximum absolute atomic E-state index is 12.5. The minimum Gasteiger partial charge on any atom is -0.493 e. The lowest BCUT2D eigenvalue weighted by atomic mass is 10.0. The first-order valence-corrected chi connectivity index (χ1v) is 9.30. The van der Waals surface area contributed by atoms with Crippen LogP contribution < -0.4 is 10.1 Å². The molecule has 0 unspecified atom stereocenters. The molecule has 0 fully saturated rings. The summed E-state index contributed by atoms with van der Waals surface area (Å²) in [6.45, 7) is 4.84. The number of anilines is 1. The SMILES string of the molecule is CC(C)c1ccccc1NC(=O)c1ccc(OCCc2ccccc2)cc1. The zero-order chi connectivity index (χ0) is 19.1. The van der Waals surface area contributed by atoms with Crippen LogP contribution in [0.4, 0.5) is 5.69 Å². The van der Waals surface area contributed by atoms with Gasteiger partial charge in [-0.05, 0) is 47.4 Å². The van der Waals surface area contributed by atoms with Crippen LogP contribution in [0.5, 0.6) is 5.75 Å². The molecule has 3 aromatic rings. The molecule has 1 amide bonds. The van der Waals surface area contributed by atoms with E-state index in [9.17, 15) is 4.79 Å². The highest BCUT2D eigenvalue weighted by atomic mass is 16.5. The normalized spacial score (nSPS) is 10.6. The topological polar surface area (TPSA) is 38.3 Å². The maximum Gasteiger partial charge on any atom is 0.255 e. The number of amides is 1. The van der Waals surface area contributed by atoms with E-state index in [2.05, 4.69) is 31.3 Å². The fraction of sp³-hybridized carbons (Fsp3) is 0.208. The fourth-order valence-electron chi connectivity index (χ4n) is 2.94. The molecule has 3 aromatic carbocycles. The number of rotatable bonds is 7. The number of hydrogen-bond donors (Lipinski definition) is 1. The molecule has 0 spiro atoms. The molecule has 0 aliphatic rings. The van der Waals surface area contributed by atoms with Crippen molar-refractivity contribution < 1.29 is 9.53 Å². The molecule has 0 radical (unpaired) electrons. The molecule has 3 heteroatoms. The van der Waals surface area contributed by atoms with Gasteiger partial charge in [-0.3, -0.25) is 4.79 Å². The van der Waals surface area contributed by atoms with E-state index in [4.69, 9.17) is 4.74 Å². The third-order valence-electron chi connectivity index (χ3n) is 4.45. The zero-order valence-electron chi connectivity index (χ0n) is 15.8. The Hall–Kier alpha value is -3.07. The van der Waals surface area contributed by atoms with Crippen molar-refractivity contribution in [3.05, 3.63) is 95.6 Å². The lowest BCUT2D eigenvalue weighted by Crippen LogP contribution is -2.13. The Labute approximate surface area is 161 Å². The van der Waals surface area contributed by atoms with Gasteiger partial charge in [0, 0.05) is 17.7 Å². The van der Waals surface area contributed by atoms with Gasteiger partial charge >= 0.3 is 0 Å². The largest absolute Gasteiger partial charge is 0.493 e. The van der Waals surface area contributed by atoms with Crippen LogP contribution in [0.3, 0.4) is 0 Å². The maximum atomic E-state index is 12.5. The Morgan fingerprint density at radius 2 is 1.56 bits per heavy atom. The summed E-state index contributed by atoms with van der Waals surface area (Å²) in [4.78, 5) is 12.5. The van der Waals surface area contributed by atoms with Crippen molar-refractivity contribution in [1.29, 1.82) is 0 Å². The van der Waals surface area contributed by atoms with Crippen molar-refractivity contribution in [3.8, 4) is 5.75 Å².